The number of fused-ring (bicyclic) bond motifs is 1. The molecule has 2 fully saturated rings. The highest BCUT2D eigenvalue weighted by Gasteiger charge is 2.59. The highest BCUT2D eigenvalue weighted by atomic mass is 32.1. The molecule has 1 amide bonds. The summed E-state index contributed by atoms with van der Waals surface area (Å²) in [5.41, 5.74) is 9.45. The Bertz CT molecular complexity index is 1440. The van der Waals surface area contributed by atoms with Gasteiger partial charge in [-0.15, -0.1) is 11.3 Å². The minimum Gasteiger partial charge on any atom is -0.474 e. The van der Waals surface area contributed by atoms with Crippen LogP contribution in [0.15, 0.2) is 60.9 Å². The van der Waals surface area contributed by atoms with Crippen LogP contribution in [0.4, 0.5) is 0 Å². The molecule has 0 spiro atoms. The highest BCUT2D eigenvalue weighted by Crippen LogP contribution is 2.48. The van der Waals surface area contributed by atoms with E-state index in [1.54, 1.807) is 18.5 Å². The van der Waals surface area contributed by atoms with Crippen molar-refractivity contribution in [3.63, 3.8) is 0 Å². The maximum absolute atomic E-state index is 13.3. The van der Waals surface area contributed by atoms with Crippen molar-refractivity contribution in [1.29, 1.82) is 0 Å². The number of carbonyl (C=O) groups is 1. The molecule has 9 heteroatoms. The molecule has 4 aromatic rings. The van der Waals surface area contributed by atoms with Crippen molar-refractivity contribution >= 4 is 17.2 Å². The SMILES string of the molecule is Cc1nc(-c2ncccn2)sc1C(=O)N1CC2C(C1)C2Oc1cc(C(C)(C)N)cc(-c2ccccc2)n1. The van der Waals surface area contributed by atoms with Gasteiger partial charge in [-0.2, -0.15) is 0 Å². The van der Waals surface area contributed by atoms with Crippen LogP contribution in [0.25, 0.3) is 22.1 Å². The maximum atomic E-state index is 13.3. The fourth-order valence-corrected chi connectivity index (χ4v) is 5.87. The number of thiazole rings is 1. The molecule has 0 bridgehead atoms. The number of benzene rings is 1. The summed E-state index contributed by atoms with van der Waals surface area (Å²) in [4.78, 5) is 33.7. The van der Waals surface area contributed by atoms with Crippen LogP contribution in [-0.2, 0) is 5.54 Å². The lowest BCUT2D eigenvalue weighted by atomic mass is 9.95. The number of pyridine rings is 1. The lowest BCUT2D eigenvalue weighted by Gasteiger charge is -2.22. The Morgan fingerprint density at radius 2 is 1.76 bits per heavy atom. The van der Waals surface area contributed by atoms with E-state index < -0.39 is 5.54 Å². The van der Waals surface area contributed by atoms with Gasteiger partial charge in [-0.05, 0) is 38.5 Å². The van der Waals surface area contributed by atoms with E-state index >= 15 is 0 Å². The molecule has 2 aliphatic rings. The van der Waals surface area contributed by atoms with Crippen molar-refractivity contribution in [1.82, 2.24) is 24.8 Å². The monoisotopic (exact) mass is 512 g/mol. The lowest BCUT2D eigenvalue weighted by molar-refractivity contribution is 0.0755. The molecular weight excluding hydrogens is 484 g/mol. The van der Waals surface area contributed by atoms with Gasteiger partial charge in [0.2, 0.25) is 5.88 Å². The van der Waals surface area contributed by atoms with Gasteiger partial charge >= 0.3 is 0 Å². The maximum Gasteiger partial charge on any atom is 0.265 e. The fourth-order valence-electron chi connectivity index (χ4n) is 4.89. The first-order chi connectivity index (χ1) is 17.8. The summed E-state index contributed by atoms with van der Waals surface area (Å²) in [7, 11) is 0. The Labute approximate surface area is 219 Å². The number of piperidine rings is 1. The molecule has 37 heavy (non-hydrogen) atoms. The van der Waals surface area contributed by atoms with E-state index in [1.807, 2.05) is 68.1 Å². The molecule has 1 aromatic carbocycles. The summed E-state index contributed by atoms with van der Waals surface area (Å²) >= 11 is 1.35. The topological polar surface area (TPSA) is 107 Å². The Morgan fingerprint density at radius 3 is 2.43 bits per heavy atom. The summed E-state index contributed by atoms with van der Waals surface area (Å²) in [5.74, 6) is 1.73. The standard InChI is InChI=1S/C28H28N6O2S/c1-16-24(37-26(32-16)25-30-10-7-11-31-25)27(35)34-14-19-20(15-34)23(19)36-22-13-18(28(2,3)29)12-21(33-22)17-8-5-4-6-9-17/h4-13,19-20,23H,14-15,29H2,1-3H3. The lowest BCUT2D eigenvalue weighted by Crippen LogP contribution is -2.33. The summed E-state index contributed by atoms with van der Waals surface area (Å²) in [6, 6.07) is 15.8. The highest BCUT2D eigenvalue weighted by molar-refractivity contribution is 7.17. The van der Waals surface area contributed by atoms with Crippen LogP contribution < -0.4 is 10.5 Å². The molecule has 4 heterocycles. The number of aromatic nitrogens is 4. The van der Waals surface area contributed by atoms with E-state index in [9.17, 15) is 4.79 Å². The molecular formula is C28H28N6O2S. The van der Waals surface area contributed by atoms with Gasteiger partial charge in [0, 0.05) is 54.5 Å². The molecule has 6 rings (SSSR count). The Kier molecular flexibility index (Phi) is 5.77. The molecule has 2 atom stereocenters. The predicted molar refractivity (Wildman–Crippen MR) is 142 cm³/mol. The Hall–Kier alpha value is -3.69. The average molecular weight is 513 g/mol. The number of carbonyl (C=O) groups excluding carboxylic acids is 1. The third-order valence-corrected chi connectivity index (χ3v) is 8.16. The number of aryl methyl sites for hydroxylation is 1. The molecule has 0 radical (unpaired) electrons. The minimum atomic E-state index is -0.524. The average Bonchev–Trinajstić information content (AvgIpc) is 3.22. The Balaban J connectivity index is 1.15. The summed E-state index contributed by atoms with van der Waals surface area (Å²) in [5, 5.41) is 0.662. The van der Waals surface area contributed by atoms with E-state index in [2.05, 4.69) is 15.0 Å². The summed E-state index contributed by atoms with van der Waals surface area (Å²) in [6.07, 6.45) is 3.40. The van der Waals surface area contributed by atoms with Crippen molar-refractivity contribution in [2.24, 2.45) is 17.6 Å². The number of nitrogens with zero attached hydrogens (tertiary/aromatic N) is 5. The van der Waals surface area contributed by atoms with E-state index in [0.717, 1.165) is 16.8 Å². The normalized spacial score (nSPS) is 20.5. The van der Waals surface area contributed by atoms with Gasteiger partial charge in [-0.1, -0.05) is 30.3 Å². The third-order valence-electron chi connectivity index (χ3n) is 7.02. The molecule has 1 aliphatic heterocycles. The first-order valence-electron chi connectivity index (χ1n) is 12.4. The first-order valence-corrected chi connectivity index (χ1v) is 13.2. The van der Waals surface area contributed by atoms with Crippen LogP contribution in [0, 0.1) is 18.8 Å². The van der Waals surface area contributed by atoms with Crippen molar-refractivity contribution in [2.75, 3.05) is 13.1 Å². The van der Waals surface area contributed by atoms with E-state index in [-0.39, 0.29) is 12.0 Å². The van der Waals surface area contributed by atoms with Gasteiger partial charge in [0.1, 0.15) is 11.0 Å². The summed E-state index contributed by atoms with van der Waals surface area (Å²) < 4.78 is 6.38. The van der Waals surface area contributed by atoms with Gasteiger partial charge in [0.25, 0.3) is 5.91 Å². The second kappa shape index (κ2) is 9.00. The first kappa shape index (κ1) is 23.7. The van der Waals surface area contributed by atoms with E-state index in [0.29, 0.717) is 52.2 Å². The van der Waals surface area contributed by atoms with E-state index in [4.69, 9.17) is 15.5 Å². The molecule has 3 aromatic heterocycles. The van der Waals surface area contributed by atoms with Crippen molar-refractivity contribution < 1.29 is 9.53 Å². The molecule has 1 saturated heterocycles. The molecule has 1 saturated carbocycles. The van der Waals surface area contributed by atoms with Crippen LogP contribution in [-0.4, -0.2) is 49.9 Å². The Morgan fingerprint density at radius 1 is 1.05 bits per heavy atom. The van der Waals surface area contributed by atoms with Crippen LogP contribution in [0.2, 0.25) is 0 Å². The van der Waals surface area contributed by atoms with Crippen molar-refractivity contribution in [3.8, 4) is 28.0 Å². The zero-order chi connectivity index (χ0) is 25.7. The number of hydrogen-bond donors (Lipinski definition) is 1. The fraction of sp³-hybridized carbons (Fsp3) is 0.321. The number of amides is 1. The number of nitrogens with two attached hydrogens (primary N) is 1. The molecule has 1 aliphatic carbocycles. The second-order valence-corrected chi connectivity index (χ2v) is 11.3. The number of hydrogen-bond acceptors (Lipinski definition) is 8. The van der Waals surface area contributed by atoms with E-state index in [1.165, 1.54) is 11.3 Å². The van der Waals surface area contributed by atoms with Gasteiger partial charge in [-0.3, -0.25) is 4.79 Å². The number of ether oxygens (including phenoxy) is 1. The summed E-state index contributed by atoms with van der Waals surface area (Å²) in [6.45, 7) is 7.15. The molecule has 2 N–H and O–H groups in total. The minimum absolute atomic E-state index is 0.0134. The predicted octanol–water partition coefficient (Wildman–Crippen LogP) is 4.31. The largest absolute Gasteiger partial charge is 0.474 e. The van der Waals surface area contributed by atoms with Gasteiger partial charge < -0.3 is 15.4 Å². The quantitative estimate of drug-likeness (QED) is 0.410. The van der Waals surface area contributed by atoms with Crippen LogP contribution in [0.5, 0.6) is 5.88 Å². The second-order valence-electron chi connectivity index (χ2n) is 10.3. The smallest absolute Gasteiger partial charge is 0.265 e. The van der Waals surface area contributed by atoms with Crippen LogP contribution >= 0.6 is 11.3 Å². The van der Waals surface area contributed by atoms with Gasteiger partial charge in [0.05, 0.1) is 11.4 Å². The van der Waals surface area contributed by atoms with Crippen molar-refractivity contribution in [2.45, 2.75) is 32.4 Å². The van der Waals surface area contributed by atoms with Crippen LogP contribution in [0.1, 0.15) is 34.8 Å². The van der Waals surface area contributed by atoms with Gasteiger partial charge in [-0.25, -0.2) is 19.9 Å². The third kappa shape index (κ3) is 4.60. The van der Waals surface area contributed by atoms with Crippen molar-refractivity contribution in [3.05, 3.63) is 77.1 Å². The van der Waals surface area contributed by atoms with Crippen LogP contribution in [0.3, 0.4) is 0 Å². The zero-order valence-electron chi connectivity index (χ0n) is 21.0. The zero-order valence-corrected chi connectivity index (χ0v) is 21.8. The number of rotatable bonds is 6. The van der Waals surface area contributed by atoms with Gasteiger partial charge in [0.15, 0.2) is 10.8 Å². The number of likely N-dealkylation sites (tertiary alicyclic amines) is 1. The molecule has 2 unspecified atom stereocenters. The molecule has 8 nitrogen and oxygen atoms in total. The molecule has 188 valence electrons.